The van der Waals surface area contributed by atoms with E-state index in [2.05, 4.69) is 66.4 Å². The largest absolute Gasteiger partial charge is 0.335 e. The average Bonchev–Trinajstić information content (AvgIpc) is 3.29. The van der Waals surface area contributed by atoms with Gasteiger partial charge in [-0.25, -0.2) is 0 Å². The summed E-state index contributed by atoms with van der Waals surface area (Å²) in [6.45, 7) is 5.54. The van der Waals surface area contributed by atoms with Gasteiger partial charge in [-0.1, -0.05) is 96.4 Å². The summed E-state index contributed by atoms with van der Waals surface area (Å²) in [5, 5.41) is 1.11. The first kappa shape index (κ1) is 21.0. The van der Waals surface area contributed by atoms with Gasteiger partial charge in [0.05, 0.1) is 15.6 Å². The van der Waals surface area contributed by atoms with Gasteiger partial charge >= 0.3 is 0 Å². The Hall–Kier alpha value is -2.28. The summed E-state index contributed by atoms with van der Waals surface area (Å²) in [5.41, 5.74) is 3.59. The van der Waals surface area contributed by atoms with Crippen LogP contribution in [0.15, 0.2) is 82.7 Å². The van der Waals surface area contributed by atoms with Gasteiger partial charge < -0.3 is 4.90 Å². The molecular formula is C24H22N2OS3. The Morgan fingerprint density at radius 3 is 2.00 bits per heavy atom. The van der Waals surface area contributed by atoms with E-state index >= 15 is 0 Å². The highest BCUT2D eigenvalue weighted by molar-refractivity contribution is 8.26. The Morgan fingerprint density at radius 1 is 0.833 bits per heavy atom. The lowest BCUT2D eigenvalue weighted by Crippen LogP contribution is -2.27. The number of carbonyl (C=O) groups excluding carboxylic acids is 1. The number of benzene rings is 2. The van der Waals surface area contributed by atoms with E-state index in [-0.39, 0.29) is 5.91 Å². The molecule has 0 atom stereocenters. The first-order valence-electron chi connectivity index (χ1n) is 9.90. The molecule has 1 fully saturated rings. The predicted molar refractivity (Wildman–Crippen MR) is 133 cm³/mol. The molecule has 0 spiro atoms. The summed E-state index contributed by atoms with van der Waals surface area (Å²) < 4.78 is 0.631. The highest BCUT2D eigenvalue weighted by Crippen LogP contribution is 2.50. The van der Waals surface area contributed by atoms with Gasteiger partial charge in [-0.05, 0) is 37.1 Å². The number of thioether (sulfide) groups is 2. The molecule has 0 N–H and O–H groups in total. The normalized spacial score (nSPS) is 19.7. The van der Waals surface area contributed by atoms with Crippen LogP contribution in [0.3, 0.4) is 0 Å². The molecule has 2 heterocycles. The summed E-state index contributed by atoms with van der Waals surface area (Å²) in [4.78, 5) is 18.4. The first-order valence-corrected chi connectivity index (χ1v) is 11.9. The van der Waals surface area contributed by atoms with Crippen LogP contribution in [0.25, 0.3) is 10.6 Å². The van der Waals surface area contributed by atoms with E-state index in [4.69, 9.17) is 12.2 Å². The minimum Gasteiger partial charge on any atom is -0.335 e. The number of hydrogen-bond donors (Lipinski definition) is 0. The fraction of sp³-hybridized carbons (Fsp3) is 0.167. The van der Waals surface area contributed by atoms with Crippen LogP contribution >= 0.6 is 35.7 Å². The number of likely N-dealkylation sites (N-methyl/N-ethyl adjacent to an activating group) is 1. The Balaban J connectivity index is 1.74. The quantitative estimate of drug-likeness (QED) is 0.399. The minimum absolute atomic E-state index is 0.00470. The Bertz CT molecular complexity index is 1060. The van der Waals surface area contributed by atoms with E-state index in [1.54, 1.807) is 16.7 Å². The molecule has 2 aliphatic rings. The number of hydrogen-bond acceptors (Lipinski definition) is 5. The van der Waals surface area contributed by atoms with Crippen LogP contribution in [0.5, 0.6) is 0 Å². The smallest absolute Gasteiger partial charge is 0.266 e. The van der Waals surface area contributed by atoms with Crippen molar-refractivity contribution in [3.05, 3.63) is 93.9 Å². The summed E-state index contributed by atoms with van der Waals surface area (Å²) in [5.74, 6) is -0.00470. The van der Waals surface area contributed by atoms with Crippen molar-refractivity contribution in [1.29, 1.82) is 0 Å². The van der Waals surface area contributed by atoms with Gasteiger partial charge in [0.25, 0.3) is 5.91 Å². The van der Waals surface area contributed by atoms with Gasteiger partial charge in [0.2, 0.25) is 0 Å². The molecule has 0 saturated carbocycles. The van der Waals surface area contributed by atoms with Crippen LogP contribution in [-0.2, 0) is 4.79 Å². The Morgan fingerprint density at radius 2 is 1.43 bits per heavy atom. The predicted octanol–water partition coefficient (Wildman–Crippen LogP) is 6.19. The molecule has 2 aliphatic heterocycles. The lowest BCUT2D eigenvalue weighted by molar-refractivity contribution is -0.122. The van der Waals surface area contributed by atoms with Gasteiger partial charge in [-0.3, -0.25) is 9.69 Å². The lowest BCUT2D eigenvalue weighted by atomic mass is 10.1. The highest BCUT2D eigenvalue weighted by Gasteiger charge is 2.31. The average molecular weight is 451 g/mol. The number of thiocarbonyl (C=S) groups is 1. The molecule has 4 rings (SSSR count). The van der Waals surface area contributed by atoms with Crippen molar-refractivity contribution in [3.63, 3.8) is 0 Å². The molecule has 0 aromatic heterocycles. The molecule has 2 aromatic carbocycles. The number of nitrogens with zero attached hydrogens (tertiary/aromatic N) is 2. The molecule has 6 heteroatoms. The van der Waals surface area contributed by atoms with E-state index in [0.29, 0.717) is 15.8 Å². The Kier molecular flexibility index (Phi) is 6.46. The molecule has 1 amide bonds. The van der Waals surface area contributed by atoms with Crippen LogP contribution in [0, 0.1) is 0 Å². The number of carbonyl (C=O) groups is 1. The standard InChI is InChI=1S/C24H22N2OS3/c1-3-25-20(16-15-19-23(27)26(4-2)24(28)29-19)30-22(18-13-9-6-10-14-18)21(25)17-11-7-5-8-12-17/h5-16H,3-4H2,1-2H3/b19-15+,20-16-. The monoisotopic (exact) mass is 450 g/mol. The van der Waals surface area contributed by atoms with Crippen molar-refractivity contribution >= 4 is 56.6 Å². The summed E-state index contributed by atoms with van der Waals surface area (Å²) in [6, 6.07) is 20.9. The second kappa shape index (κ2) is 9.25. The van der Waals surface area contributed by atoms with Crippen molar-refractivity contribution in [2.75, 3.05) is 13.1 Å². The molecule has 0 unspecified atom stereocenters. The summed E-state index contributed by atoms with van der Waals surface area (Å²) in [7, 11) is 0. The fourth-order valence-corrected chi connectivity index (χ4v) is 6.06. The molecule has 30 heavy (non-hydrogen) atoms. The van der Waals surface area contributed by atoms with Gasteiger partial charge in [-0.2, -0.15) is 0 Å². The molecule has 0 radical (unpaired) electrons. The van der Waals surface area contributed by atoms with E-state index in [1.165, 1.54) is 33.5 Å². The van der Waals surface area contributed by atoms with Crippen molar-refractivity contribution in [2.24, 2.45) is 0 Å². The van der Waals surface area contributed by atoms with Crippen LogP contribution < -0.4 is 0 Å². The molecule has 1 saturated heterocycles. The van der Waals surface area contributed by atoms with Gasteiger partial charge in [0.15, 0.2) is 0 Å². The van der Waals surface area contributed by atoms with Crippen molar-refractivity contribution in [2.45, 2.75) is 13.8 Å². The maximum Gasteiger partial charge on any atom is 0.266 e. The zero-order chi connectivity index (χ0) is 21.1. The zero-order valence-corrected chi connectivity index (χ0v) is 19.3. The third-order valence-corrected chi connectivity index (χ3v) is 7.52. The molecule has 152 valence electrons. The van der Waals surface area contributed by atoms with Gasteiger partial charge in [0.1, 0.15) is 4.32 Å². The summed E-state index contributed by atoms with van der Waals surface area (Å²) >= 11 is 8.46. The fourth-order valence-electron chi connectivity index (χ4n) is 3.48. The summed E-state index contributed by atoms with van der Waals surface area (Å²) in [6.07, 6.45) is 3.96. The van der Waals surface area contributed by atoms with Crippen molar-refractivity contribution in [1.82, 2.24) is 9.80 Å². The SMILES string of the molecule is CCN1C(=O)/C(=C\C=C2/SC(c3ccccc3)=C(c3ccccc3)N2CC)SC1=S. The molecule has 2 aromatic rings. The maximum absolute atomic E-state index is 12.6. The van der Waals surface area contributed by atoms with Crippen LogP contribution in [0.1, 0.15) is 25.0 Å². The Labute approximate surface area is 191 Å². The third kappa shape index (κ3) is 4.00. The maximum atomic E-state index is 12.6. The zero-order valence-electron chi connectivity index (χ0n) is 16.9. The molecule has 0 bridgehead atoms. The van der Waals surface area contributed by atoms with Crippen LogP contribution in [0.2, 0.25) is 0 Å². The number of amides is 1. The minimum atomic E-state index is -0.00470. The van der Waals surface area contributed by atoms with E-state index in [1.807, 2.05) is 25.1 Å². The van der Waals surface area contributed by atoms with Crippen LogP contribution in [0.4, 0.5) is 0 Å². The molecule has 3 nitrogen and oxygen atoms in total. The topological polar surface area (TPSA) is 23.6 Å². The molecule has 0 aliphatic carbocycles. The second-order valence-electron chi connectivity index (χ2n) is 6.71. The number of rotatable bonds is 5. The lowest BCUT2D eigenvalue weighted by Gasteiger charge is -2.21. The second-order valence-corrected chi connectivity index (χ2v) is 9.42. The van der Waals surface area contributed by atoms with Crippen LogP contribution in [-0.4, -0.2) is 33.1 Å². The third-order valence-electron chi connectivity index (χ3n) is 4.92. The first-order chi connectivity index (χ1) is 14.6. The van der Waals surface area contributed by atoms with Gasteiger partial charge in [-0.15, -0.1) is 0 Å². The van der Waals surface area contributed by atoms with E-state index < -0.39 is 0 Å². The van der Waals surface area contributed by atoms with E-state index in [9.17, 15) is 4.79 Å². The molecular weight excluding hydrogens is 428 g/mol. The van der Waals surface area contributed by atoms with Crippen molar-refractivity contribution in [3.8, 4) is 0 Å². The van der Waals surface area contributed by atoms with Crippen molar-refractivity contribution < 1.29 is 4.79 Å². The number of allylic oxidation sites excluding steroid dienone is 2. The van der Waals surface area contributed by atoms with E-state index in [0.717, 1.165) is 11.6 Å². The van der Waals surface area contributed by atoms with Gasteiger partial charge in [0, 0.05) is 18.0 Å². The highest BCUT2D eigenvalue weighted by atomic mass is 32.2.